The molecule has 2 aromatic carbocycles. The molecule has 5 rings (SSSR count). The number of thioether (sulfide) groups is 1. The summed E-state index contributed by atoms with van der Waals surface area (Å²) >= 11 is 1.77. The monoisotopic (exact) mass is 308 g/mol. The van der Waals surface area contributed by atoms with Gasteiger partial charge in [-0.05, 0) is 35.7 Å². The Bertz CT molecular complexity index is 871. The van der Waals surface area contributed by atoms with Gasteiger partial charge in [-0.1, -0.05) is 36.0 Å². The maximum absolute atomic E-state index is 5.59. The molecule has 0 saturated carbocycles. The smallest absolute Gasteiger partial charge is 0.138 e. The first-order chi connectivity index (χ1) is 10.9. The molecule has 3 aromatic rings. The van der Waals surface area contributed by atoms with Gasteiger partial charge in [0.1, 0.15) is 11.7 Å². The molecule has 0 amide bonds. The van der Waals surface area contributed by atoms with Crippen molar-refractivity contribution in [3.63, 3.8) is 0 Å². The van der Waals surface area contributed by atoms with Gasteiger partial charge in [0.05, 0.1) is 10.9 Å². The van der Waals surface area contributed by atoms with Crippen LogP contribution in [0, 0.1) is 0 Å². The first-order valence-corrected chi connectivity index (χ1v) is 8.61. The Morgan fingerprint density at radius 2 is 2.09 bits per heavy atom. The molecule has 110 valence electrons. The van der Waals surface area contributed by atoms with E-state index in [0.717, 1.165) is 24.7 Å². The summed E-state index contributed by atoms with van der Waals surface area (Å²) < 4.78 is 5.59. The summed E-state index contributed by atoms with van der Waals surface area (Å²) in [5, 5.41) is 5.03. The van der Waals surface area contributed by atoms with Crippen molar-refractivity contribution in [1.82, 2.24) is 10.3 Å². The Balaban J connectivity index is 1.65. The highest BCUT2D eigenvalue weighted by atomic mass is 32.2. The quantitative estimate of drug-likeness (QED) is 0.717. The van der Waals surface area contributed by atoms with Crippen LogP contribution in [0.5, 0.6) is 5.75 Å². The van der Waals surface area contributed by atoms with Gasteiger partial charge in [-0.15, -0.1) is 0 Å². The van der Waals surface area contributed by atoms with Crippen LogP contribution in [0.2, 0.25) is 0 Å². The number of nitrogens with one attached hydrogen (secondary N) is 2. The lowest BCUT2D eigenvalue weighted by molar-refractivity contribution is 0.397. The molecule has 0 unspecified atom stereocenters. The number of rotatable bonds is 1. The summed E-state index contributed by atoms with van der Waals surface area (Å²) in [4.78, 5) is 4.88. The van der Waals surface area contributed by atoms with Crippen LogP contribution in [0.25, 0.3) is 10.9 Å². The van der Waals surface area contributed by atoms with Crippen molar-refractivity contribution >= 4 is 22.7 Å². The number of para-hydroxylation sites is 1. The zero-order valence-corrected chi connectivity index (χ0v) is 12.9. The van der Waals surface area contributed by atoms with Crippen LogP contribution in [0.3, 0.4) is 0 Å². The number of aromatic nitrogens is 1. The first kappa shape index (κ1) is 12.6. The van der Waals surface area contributed by atoms with Crippen molar-refractivity contribution in [3.05, 3.63) is 59.3 Å². The Morgan fingerprint density at radius 1 is 1.14 bits per heavy atom. The van der Waals surface area contributed by atoms with E-state index in [1.807, 2.05) is 0 Å². The van der Waals surface area contributed by atoms with E-state index in [-0.39, 0.29) is 6.04 Å². The Hall–Kier alpha value is -1.91. The molecule has 1 atom stereocenters. The lowest BCUT2D eigenvalue weighted by Gasteiger charge is -2.25. The average molecular weight is 308 g/mol. The lowest BCUT2D eigenvalue weighted by atomic mass is 9.94. The van der Waals surface area contributed by atoms with Gasteiger partial charge in [-0.25, -0.2) is 0 Å². The van der Waals surface area contributed by atoms with Crippen molar-refractivity contribution < 1.29 is 4.74 Å². The van der Waals surface area contributed by atoms with Crippen LogP contribution in [0.15, 0.2) is 47.4 Å². The SMILES string of the molecule is c1ccc2c3c([nH]c2c1)[C@@H](c1ccc2c(c1)SCO2)NCC3. The molecule has 0 saturated heterocycles. The van der Waals surface area contributed by atoms with Crippen LogP contribution in [0.1, 0.15) is 22.9 Å². The second kappa shape index (κ2) is 4.80. The minimum absolute atomic E-state index is 0.239. The Kier molecular flexibility index (Phi) is 2.75. The molecule has 0 bridgehead atoms. The van der Waals surface area contributed by atoms with Gasteiger partial charge >= 0.3 is 0 Å². The maximum Gasteiger partial charge on any atom is 0.138 e. The van der Waals surface area contributed by atoms with Crippen molar-refractivity contribution in [1.29, 1.82) is 0 Å². The van der Waals surface area contributed by atoms with E-state index in [9.17, 15) is 0 Å². The van der Waals surface area contributed by atoms with Gasteiger partial charge < -0.3 is 15.0 Å². The normalized spacial score (nSPS) is 19.7. The molecule has 4 heteroatoms. The van der Waals surface area contributed by atoms with Crippen LogP contribution in [-0.2, 0) is 6.42 Å². The third kappa shape index (κ3) is 1.81. The molecular weight excluding hydrogens is 292 g/mol. The van der Waals surface area contributed by atoms with Gasteiger partial charge in [0.15, 0.2) is 0 Å². The maximum atomic E-state index is 5.59. The van der Waals surface area contributed by atoms with Gasteiger partial charge in [-0.2, -0.15) is 0 Å². The fraction of sp³-hybridized carbons (Fsp3) is 0.222. The van der Waals surface area contributed by atoms with Crippen molar-refractivity contribution in [3.8, 4) is 5.75 Å². The average Bonchev–Trinajstić information content (AvgIpc) is 3.18. The fourth-order valence-electron chi connectivity index (χ4n) is 3.56. The molecule has 2 aliphatic heterocycles. The van der Waals surface area contributed by atoms with E-state index >= 15 is 0 Å². The lowest BCUT2D eigenvalue weighted by Crippen LogP contribution is -2.30. The van der Waals surface area contributed by atoms with Crippen molar-refractivity contribution in [2.24, 2.45) is 0 Å². The van der Waals surface area contributed by atoms with Gasteiger partial charge in [0, 0.05) is 23.1 Å². The Morgan fingerprint density at radius 3 is 3.09 bits per heavy atom. The van der Waals surface area contributed by atoms with Crippen LogP contribution in [0.4, 0.5) is 0 Å². The van der Waals surface area contributed by atoms with E-state index in [1.165, 1.54) is 32.6 Å². The van der Waals surface area contributed by atoms with E-state index in [2.05, 4.69) is 52.8 Å². The molecule has 3 heterocycles. The number of hydrogen-bond donors (Lipinski definition) is 2. The van der Waals surface area contributed by atoms with Gasteiger partial charge in [-0.3, -0.25) is 0 Å². The third-order valence-electron chi connectivity index (χ3n) is 4.59. The number of fused-ring (bicyclic) bond motifs is 4. The molecule has 0 aliphatic carbocycles. The summed E-state index contributed by atoms with van der Waals surface area (Å²) in [6.45, 7) is 1.01. The summed E-state index contributed by atoms with van der Waals surface area (Å²) in [5.74, 6) is 1.75. The molecule has 1 aromatic heterocycles. The number of hydrogen-bond acceptors (Lipinski definition) is 3. The summed E-state index contributed by atoms with van der Waals surface area (Å²) in [7, 11) is 0. The predicted molar refractivity (Wildman–Crippen MR) is 89.6 cm³/mol. The molecule has 22 heavy (non-hydrogen) atoms. The van der Waals surface area contributed by atoms with Gasteiger partial charge in [0.2, 0.25) is 0 Å². The second-order valence-corrected chi connectivity index (χ2v) is 6.78. The Labute approximate surface area is 133 Å². The van der Waals surface area contributed by atoms with Crippen LogP contribution in [-0.4, -0.2) is 17.5 Å². The highest BCUT2D eigenvalue weighted by molar-refractivity contribution is 7.99. The zero-order valence-electron chi connectivity index (χ0n) is 12.1. The number of ether oxygens (including phenoxy) is 1. The largest absolute Gasteiger partial charge is 0.481 e. The molecule has 2 aliphatic rings. The highest BCUT2D eigenvalue weighted by Crippen LogP contribution is 2.40. The van der Waals surface area contributed by atoms with E-state index < -0.39 is 0 Å². The molecule has 2 N–H and O–H groups in total. The van der Waals surface area contributed by atoms with Crippen LogP contribution >= 0.6 is 11.8 Å². The third-order valence-corrected chi connectivity index (χ3v) is 5.45. The molecule has 0 radical (unpaired) electrons. The van der Waals surface area contributed by atoms with E-state index in [0.29, 0.717) is 0 Å². The predicted octanol–water partition coefficient (Wildman–Crippen LogP) is 3.85. The topological polar surface area (TPSA) is 37.0 Å². The summed E-state index contributed by atoms with van der Waals surface area (Å²) in [6.07, 6.45) is 1.08. The molecular formula is C18H16N2OS. The molecule has 0 fully saturated rings. The van der Waals surface area contributed by atoms with E-state index in [1.54, 1.807) is 11.8 Å². The van der Waals surface area contributed by atoms with Crippen molar-refractivity contribution in [2.45, 2.75) is 17.4 Å². The number of aromatic amines is 1. The standard InChI is InChI=1S/C18H16N2OS/c1-2-4-14-12(3-1)13-7-8-19-17(18(13)20-14)11-5-6-15-16(9-11)22-10-21-15/h1-6,9,17,19-20H,7-8,10H2/t17-/m1/s1. The minimum Gasteiger partial charge on any atom is -0.481 e. The highest BCUT2D eigenvalue weighted by Gasteiger charge is 2.26. The van der Waals surface area contributed by atoms with Crippen LogP contribution < -0.4 is 10.1 Å². The zero-order chi connectivity index (χ0) is 14.5. The second-order valence-electron chi connectivity index (χ2n) is 5.81. The molecule has 0 spiro atoms. The van der Waals surface area contributed by atoms with Gasteiger partial charge in [0.25, 0.3) is 0 Å². The first-order valence-electron chi connectivity index (χ1n) is 7.62. The fourth-order valence-corrected chi connectivity index (χ4v) is 4.36. The summed E-state index contributed by atoms with van der Waals surface area (Å²) in [5.41, 5.74) is 5.32. The summed E-state index contributed by atoms with van der Waals surface area (Å²) in [6, 6.07) is 15.4. The number of benzene rings is 2. The van der Waals surface area contributed by atoms with E-state index in [4.69, 9.17) is 4.74 Å². The number of H-pyrrole nitrogens is 1. The minimum atomic E-state index is 0.239. The van der Waals surface area contributed by atoms with Crippen molar-refractivity contribution in [2.75, 3.05) is 12.5 Å². The molecule has 3 nitrogen and oxygen atoms in total.